The molecule has 0 N–H and O–H groups in total. The first-order valence-electron chi connectivity index (χ1n) is 18.0. The summed E-state index contributed by atoms with van der Waals surface area (Å²) in [5, 5.41) is 1.35. The van der Waals surface area contributed by atoms with E-state index in [2.05, 4.69) is 192 Å². The smallest absolute Gasteiger partial charge is 0.0629 e. The molecule has 50 heavy (non-hydrogen) atoms. The van der Waals surface area contributed by atoms with Gasteiger partial charge in [0.25, 0.3) is 0 Å². The van der Waals surface area contributed by atoms with Gasteiger partial charge in [0, 0.05) is 45.4 Å². The van der Waals surface area contributed by atoms with Gasteiger partial charge in [-0.3, -0.25) is 0 Å². The maximum Gasteiger partial charge on any atom is 0.0629 e. The molecule has 0 spiro atoms. The van der Waals surface area contributed by atoms with Crippen LogP contribution in [0.15, 0.2) is 176 Å². The molecule has 10 rings (SSSR count). The molecule has 4 atom stereocenters. The van der Waals surface area contributed by atoms with E-state index in [1.165, 1.54) is 66.9 Å². The van der Waals surface area contributed by atoms with Crippen LogP contribution in [-0.2, 0) is 6.42 Å². The Morgan fingerprint density at radius 2 is 1.32 bits per heavy atom. The van der Waals surface area contributed by atoms with Crippen molar-refractivity contribution in [2.24, 2.45) is 0 Å². The summed E-state index contributed by atoms with van der Waals surface area (Å²) in [6, 6.07) is 47.4. The summed E-state index contributed by atoms with van der Waals surface area (Å²) in [6.45, 7) is 0. The van der Waals surface area contributed by atoms with Gasteiger partial charge in [0.2, 0.25) is 0 Å². The molecule has 0 fully saturated rings. The van der Waals surface area contributed by atoms with Gasteiger partial charge in [-0.15, -0.1) is 0 Å². The quantitative estimate of drug-likeness (QED) is 0.182. The van der Waals surface area contributed by atoms with E-state index in [1.54, 1.807) is 0 Å². The van der Waals surface area contributed by atoms with E-state index in [1.807, 2.05) is 0 Å². The number of rotatable bonds is 5. The number of para-hydroxylation sites is 1. The van der Waals surface area contributed by atoms with Crippen LogP contribution in [-0.4, -0.2) is 10.6 Å². The molecule has 240 valence electrons. The summed E-state index contributed by atoms with van der Waals surface area (Å²) < 4.78 is 2.65. The van der Waals surface area contributed by atoms with E-state index in [-0.39, 0.29) is 12.1 Å². The normalized spacial score (nSPS) is 21.6. The topological polar surface area (TPSA) is 8.17 Å². The molecule has 0 saturated carbocycles. The van der Waals surface area contributed by atoms with Crippen LogP contribution in [0.5, 0.6) is 0 Å². The minimum absolute atomic E-state index is 0.272. The Balaban J connectivity index is 0.995. The van der Waals surface area contributed by atoms with Crippen LogP contribution in [0.2, 0.25) is 0 Å². The number of nitrogens with zero attached hydrogens (tertiary/aromatic N) is 2. The first-order chi connectivity index (χ1) is 24.8. The van der Waals surface area contributed by atoms with Crippen LogP contribution in [0.3, 0.4) is 0 Å². The predicted molar refractivity (Wildman–Crippen MR) is 210 cm³/mol. The fraction of sp³-hybridized carbons (Fsp3) is 0.125. The van der Waals surface area contributed by atoms with E-state index in [0.717, 1.165) is 12.8 Å². The Morgan fingerprint density at radius 3 is 2.16 bits per heavy atom. The number of hydrogen-bond donors (Lipinski definition) is 0. The Bertz CT molecular complexity index is 2380. The number of benzene rings is 5. The molecule has 0 radical (unpaired) electrons. The Labute approximate surface area is 294 Å². The predicted octanol–water partition coefficient (Wildman–Crippen LogP) is 12.0. The molecule has 4 aliphatic rings. The minimum Gasteiger partial charge on any atom is -0.337 e. The molecular formula is C48H38N2. The molecule has 1 aliphatic heterocycles. The van der Waals surface area contributed by atoms with E-state index in [0.29, 0.717) is 11.8 Å². The number of anilines is 2. The molecule has 2 heterocycles. The molecule has 0 saturated heterocycles. The first kappa shape index (κ1) is 29.1. The lowest BCUT2D eigenvalue weighted by molar-refractivity contribution is 0.595. The highest BCUT2D eigenvalue weighted by Crippen LogP contribution is 2.49. The summed E-state index contributed by atoms with van der Waals surface area (Å²) in [4.78, 5) is 2.54. The molecule has 0 amide bonds. The van der Waals surface area contributed by atoms with Gasteiger partial charge in [-0.1, -0.05) is 158 Å². The third-order valence-corrected chi connectivity index (χ3v) is 11.3. The average molecular weight is 643 g/mol. The first-order valence-corrected chi connectivity index (χ1v) is 18.0. The van der Waals surface area contributed by atoms with Crippen molar-refractivity contribution < 1.29 is 0 Å². The molecular weight excluding hydrogens is 605 g/mol. The number of fused-ring (bicyclic) bond motifs is 6. The average Bonchev–Trinajstić information content (AvgIpc) is 3.71. The highest BCUT2D eigenvalue weighted by Gasteiger charge is 2.38. The Kier molecular flexibility index (Phi) is 6.94. The molecule has 5 aromatic carbocycles. The van der Waals surface area contributed by atoms with Crippen molar-refractivity contribution in [1.29, 1.82) is 0 Å². The van der Waals surface area contributed by atoms with Crippen molar-refractivity contribution in [3.63, 3.8) is 0 Å². The second-order valence-electron chi connectivity index (χ2n) is 14.0. The van der Waals surface area contributed by atoms with E-state index in [4.69, 9.17) is 0 Å². The van der Waals surface area contributed by atoms with Crippen LogP contribution in [0, 0.1) is 0 Å². The standard InChI is InChI=1S/C48H38N2/c1-3-12-33(13-4-1)35-22-26-39(27-23-35)49-46-21-10-8-19-42(46)44-31-37(25-29-47(44)49)38-24-28-43-41-18-7-9-20-45(41)50(48(43)32-38)40-17-11-16-36(30-40)34-14-5-2-6-15-34/h1-29,31,38,40,42,46H,30,32H2. The lowest BCUT2D eigenvalue weighted by Gasteiger charge is -2.29. The second-order valence-corrected chi connectivity index (χ2v) is 14.0. The molecule has 2 nitrogen and oxygen atoms in total. The summed E-state index contributed by atoms with van der Waals surface area (Å²) in [5.41, 5.74) is 14.7. The van der Waals surface area contributed by atoms with Crippen LogP contribution < -0.4 is 4.90 Å². The van der Waals surface area contributed by atoms with Gasteiger partial charge < -0.3 is 9.47 Å². The molecule has 3 aliphatic carbocycles. The van der Waals surface area contributed by atoms with Gasteiger partial charge in [0.05, 0.1) is 12.1 Å². The highest BCUT2D eigenvalue weighted by atomic mass is 15.2. The van der Waals surface area contributed by atoms with Crippen LogP contribution in [0.1, 0.15) is 52.2 Å². The number of allylic oxidation sites excluding steroid dienone is 7. The van der Waals surface area contributed by atoms with Gasteiger partial charge >= 0.3 is 0 Å². The summed E-state index contributed by atoms with van der Waals surface area (Å²) in [6.07, 6.45) is 23.0. The third-order valence-electron chi connectivity index (χ3n) is 11.3. The van der Waals surface area contributed by atoms with Crippen molar-refractivity contribution in [3.05, 3.63) is 204 Å². The van der Waals surface area contributed by atoms with Gasteiger partial charge in [-0.25, -0.2) is 0 Å². The third kappa shape index (κ3) is 4.78. The number of hydrogen-bond acceptors (Lipinski definition) is 1. The largest absolute Gasteiger partial charge is 0.337 e. The lowest BCUT2D eigenvalue weighted by atomic mass is 9.84. The maximum absolute atomic E-state index is 2.65. The monoisotopic (exact) mass is 642 g/mol. The Morgan fingerprint density at radius 1 is 0.580 bits per heavy atom. The summed E-state index contributed by atoms with van der Waals surface area (Å²) >= 11 is 0. The molecule has 0 bridgehead atoms. The van der Waals surface area contributed by atoms with Gasteiger partial charge in [0.1, 0.15) is 0 Å². The molecule has 4 unspecified atom stereocenters. The zero-order valence-corrected chi connectivity index (χ0v) is 27.9. The molecule has 1 aromatic heterocycles. The summed E-state index contributed by atoms with van der Waals surface area (Å²) in [5.74, 6) is 0.641. The van der Waals surface area contributed by atoms with Crippen molar-refractivity contribution in [2.75, 3.05) is 4.90 Å². The molecule has 6 aromatic rings. The van der Waals surface area contributed by atoms with Gasteiger partial charge in [-0.05, 0) is 70.5 Å². The van der Waals surface area contributed by atoms with Crippen molar-refractivity contribution in [1.82, 2.24) is 4.57 Å². The zero-order chi connectivity index (χ0) is 33.0. The highest BCUT2D eigenvalue weighted by molar-refractivity contribution is 5.92. The maximum atomic E-state index is 2.65. The fourth-order valence-electron chi connectivity index (χ4n) is 8.87. The minimum atomic E-state index is 0.272. The SMILES string of the molecule is C1=CC2c3cc(C4C=Cc5c(n(C6C=CC=C(c7ccccc7)C6)c6ccccc56)C4)ccc3N(c3ccc(-c4ccccc4)cc3)C2C=C1. The van der Waals surface area contributed by atoms with Crippen LogP contribution in [0.25, 0.3) is 33.7 Å². The van der Waals surface area contributed by atoms with Crippen molar-refractivity contribution in [2.45, 2.75) is 36.8 Å². The number of aromatic nitrogens is 1. The van der Waals surface area contributed by atoms with Crippen LogP contribution in [0.4, 0.5) is 11.4 Å². The van der Waals surface area contributed by atoms with Crippen molar-refractivity contribution >= 4 is 33.9 Å². The van der Waals surface area contributed by atoms with Gasteiger partial charge in [0.15, 0.2) is 0 Å². The molecule has 2 heteroatoms. The second kappa shape index (κ2) is 11.9. The summed E-state index contributed by atoms with van der Waals surface area (Å²) in [7, 11) is 0. The zero-order valence-electron chi connectivity index (χ0n) is 27.9. The fourth-order valence-corrected chi connectivity index (χ4v) is 8.87. The Hall–Kier alpha value is -5.86. The van der Waals surface area contributed by atoms with E-state index >= 15 is 0 Å². The van der Waals surface area contributed by atoms with E-state index < -0.39 is 0 Å². The van der Waals surface area contributed by atoms with E-state index in [9.17, 15) is 0 Å². The van der Waals surface area contributed by atoms with Crippen LogP contribution >= 0.6 is 0 Å². The lowest BCUT2D eigenvalue weighted by Crippen LogP contribution is -2.28. The van der Waals surface area contributed by atoms with Crippen molar-refractivity contribution in [3.8, 4) is 11.1 Å². The van der Waals surface area contributed by atoms with Gasteiger partial charge in [-0.2, -0.15) is 0 Å².